The number of likely N-dealkylation sites (tertiary alicyclic amines) is 1. The molecule has 0 aliphatic carbocycles. The summed E-state index contributed by atoms with van der Waals surface area (Å²) in [5, 5.41) is 1.85. The fourth-order valence-corrected chi connectivity index (χ4v) is 3.86. The topological polar surface area (TPSA) is 60.8 Å². The highest BCUT2D eigenvalue weighted by atomic mass is 16.6. The van der Waals surface area contributed by atoms with E-state index in [4.69, 9.17) is 9.47 Å². The molecule has 1 amide bonds. The van der Waals surface area contributed by atoms with Crippen molar-refractivity contribution in [2.75, 3.05) is 20.2 Å². The number of carbonyl (C=O) groups excluding carboxylic acids is 2. The van der Waals surface area contributed by atoms with Gasteiger partial charge >= 0.3 is 12.1 Å². The zero-order chi connectivity index (χ0) is 20.2. The first-order valence-corrected chi connectivity index (χ1v) is 9.80. The summed E-state index contributed by atoms with van der Waals surface area (Å²) in [7, 11) is 1.39. The third-order valence-corrected chi connectivity index (χ3v) is 5.39. The van der Waals surface area contributed by atoms with E-state index in [1.165, 1.54) is 7.11 Å². The molecule has 0 saturated carbocycles. The first kappa shape index (κ1) is 19.1. The van der Waals surface area contributed by atoms with Gasteiger partial charge in [-0.1, -0.05) is 42.5 Å². The highest BCUT2D eigenvalue weighted by Gasteiger charge is 2.26. The first-order valence-electron chi connectivity index (χ1n) is 9.80. The van der Waals surface area contributed by atoms with E-state index in [0.717, 1.165) is 29.2 Å². The molecule has 0 radical (unpaired) electrons. The van der Waals surface area contributed by atoms with Crippen LogP contribution >= 0.6 is 0 Å². The van der Waals surface area contributed by atoms with Gasteiger partial charge in [-0.25, -0.2) is 9.59 Å². The summed E-state index contributed by atoms with van der Waals surface area (Å²) in [6, 6.07) is 15.4. The van der Waals surface area contributed by atoms with Crippen molar-refractivity contribution in [3.05, 3.63) is 72.1 Å². The Morgan fingerprint density at radius 1 is 1.07 bits per heavy atom. The van der Waals surface area contributed by atoms with Crippen LogP contribution in [0.3, 0.4) is 0 Å². The molecular weight excluding hydrogens is 368 g/mol. The third-order valence-electron chi connectivity index (χ3n) is 5.39. The van der Waals surface area contributed by atoms with Gasteiger partial charge in [-0.3, -0.25) is 0 Å². The minimum Gasteiger partial charge on any atom is -0.465 e. The molecule has 6 heteroatoms. The summed E-state index contributed by atoms with van der Waals surface area (Å²) in [5.41, 5.74) is 1.53. The third kappa shape index (κ3) is 4.11. The molecule has 1 saturated heterocycles. The van der Waals surface area contributed by atoms with Crippen LogP contribution in [0.1, 0.15) is 34.8 Å². The second-order valence-corrected chi connectivity index (χ2v) is 7.29. The Kier molecular flexibility index (Phi) is 5.51. The van der Waals surface area contributed by atoms with E-state index in [1.54, 1.807) is 11.0 Å². The minimum absolute atomic E-state index is 0.144. The summed E-state index contributed by atoms with van der Waals surface area (Å²) in [4.78, 5) is 26.3. The van der Waals surface area contributed by atoms with Crippen molar-refractivity contribution >= 4 is 22.8 Å². The monoisotopic (exact) mass is 392 g/mol. The average molecular weight is 392 g/mol. The number of carbonyl (C=O) groups is 2. The predicted molar refractivity (Wildman–Crippen MR) is 110 cm³/mol. The second-order valence-electron chi connectivity index (χ2n) is 7.29. The van der Waals surface area contributed by atoms with Gasteiger partial charge in [0.2, 0.25) is 0 Å². The summed E-state index contributed by atoms with van der Waals surface area (Å²) < 4.78 is 12.5. The number of hydrogen-bond acceptors (Lipinski definition) is 4. The summed E-state index contributed by atoms with van der Waals surface area (Å²) >= 11 is 0. The molecule has 1 atom stereocenters. The van der Waals surface area contributed by atoms with Crippen LogP contribution < -0.4 is 0 Å². The Hall–Kier alpha value is -3.28. The molecule has 3 aromatic rings. The predicted octanol–water partition coefficient (Wildman–Crippen LogP) is 4.40. The van der Waals surface area contributed by atoms with Crippen LogP contribution in [0.25, 0.3) is 10.8 Å². The SMILES string of the molecule is COC(=O)c1cccc2cn(C3CCCN(C(=O)OCc4ccccc4)C3)cc12. The molecule has 0 N–H and O–H groups in total. The molecule has 4 rings (SSSR count). The van der Waals surface area contributed by atoms with E-state index in [2.05, 4.69) is 4.57 Å². The molecule has 1 aliphatic heterocycles. The quantitative estimate of drug-likeness (QED) is 0.618. The van der Waals surface area contributed by atoms with Gasteiger partial charge < -0.3 is 18.9 Å². The van der Waals surface area contributed by atoms with Gasteiger partial charge in [-0.05, 0) is 24.5 Å². The molecule has 0 spiro atoms. The van der Waals surface area contributed by atoms with Crippen LogP contribution in [0.2, 0.25) is 0 Å². The van der Waals surface area contributed by atoms with Crippen molar-refractivity contribution in [2.24, 2.45) is 0 Å². The fourth-order valence-electron chi connectivity index (χ4n) is 3.86. The van der Waals surface area contributed by atoms with Gasteiger partial charge in [0.25, 0.3) is 0 Å². The average Bonchev–Trinajstić information content (AvgIpc) is 3.22. The van der Waals surface area contributed by atoms with Crippen LogP contribution in [-0.4, -0.2) is 41.7 Å². The fraction of sp³-hybridized carbons (Fsp3) is 0.304. The Morgan fingerprint density at radius 3 is 2.69 bits per heavy atom. The van der Waals surface area contributed by atoms with Gasteiger partial charge in [0.05, 0.1) is 18.7 Å². The largest absolute Gasteiger partial charge is 0.465 e. The highest BCUT2D eigenvalue weighted by Crippen LogP contribution is 2.28. The van der Waals surface area contributed by atoms with Gasteiger partial charge in [-0.2, -0.15) is 0 Å². The van der Waals surface area contributed by atoms with Crippen LogP contribution in [-0.2, 0) is 16.1 Å². The van der Waals surface area contributed by atoms with E-state index >= 15 is 0 Å². The number of amides is 1. The van der Waals surface area contributed by atoms with Crippen LogP contribution in [0.4, 0.5) is 4.79 Å². The molecule has 2 heterocycles. The second kappa shape index (κ2) is 8.39. The summed E-state index contributed by atoms with van der Waals surface area (Å²) in [6.07, 6.45) is 5.60. The number of methoxy groups -OCH3 is 1. The lowest BCUT2D eigenvalue weighted by Gasteiger charge is -2.32. The van der Waals surface area contributed by atoms with Gasteiger partial charge in [0.1, 0.15) is 6.61 Å². The lowest BCUT2D eigenvalue weighted by Crippen LogP contribution is -2.40. The molecule has 1 aromatic heterocycles. The number of rotatable bonds is 4. The minimum atomic E-state index is -0.344. The van der Waals surface area contributed by atoms with E-state index in [-0.39, 0.29) is 24.7 Å². The zero-order valence-corrected chi connectivity index (χ0v) is 16.4. The number of ether oxygens (including phenoxy) is 2. The van der Waals surface area contributed by atoms with Crippen LogP contribution in [0.15, 0.2) is 60.9 Å². The van der Waals surface area contributed by atoms with E-state index in [0.29, 0.717) is 18.7 Å². The summed E-state index contributed by atoms with van der Waals surface area (Å²) in [6.45, 7) is 1.55. The molecule has 1 fully saturated rings. The molecule has 2 aromatic carbocycles. The van der Waals surface area contributed by atoms with Gasteiger partial charge in [0, 0.05) is 36.3 Å². The normalized spacial score (nSPS) is 16.6. The first-order chi connectivity index (χ1) is 14.2. The maximum Gasteiger partial charge on any atom is 0.410 e. The smallest absolute Gasteiger partial charge is 0.410 e. The molecule has 1 aliphatic rings. The molecular formula is C23H24N2O4. The summed E-state index contributed by atoms with van der Waals surface area (Å²) in [5.74, 6) is -0.344. The Bertz CT molecular complexity index is 1010. The Labute approximate surface area is 169 Å². The van der Waals surface area contributed by atoms with Crippen molar-refractivity contribution in [2.45, 2.75) is 25.5 Å². The number of nitrogens with zero attached hydrogens (tertiary/aromatic N) is 2. The molecule has 29 heavy (non-hydrogen) atoms. The number of fused-ring (bicyclic) bond motifs is 1. The van der Waals surface area contributed by atoms with E-state index < -0.39 is 0 Å². The Morgan fingerprint density at radius 2 is 1.90 bits per heavy atom. The molecule has 6 nitrogen and oxygen atoms in total. The number of aromatic nitrogens is 1. The number of esters is 1. The lowest BCUT2D eigenvalue weighted by molar-refractivity contribution is 0.0603. The number of hydrogen-bond donors (Lipinski definition) is 0. The highest BCUT2D eigenvalue weighted by molar-refractivity contribution is 6.04. The Balaban J connectivity index is 1.47. The van der Waals surface area contributed by atoms with E-state index in [1.807, 2.05) is 54.9 Å². The van der Waals surface area contributed by atoms with Gasteiger partial charge in [0.15, 0.2) is 0 Å². The maximum absolute atomic E-state index is 12.5. The molecule has 150 valence electrons. The van der Waals surface area contributed by atoms with Crippen molar-refractivity contribution in [1.82, 2.24) is 9.47 Å². The van der Waals surface area contributed by atoms with E-state index in [9.17, 15) is 9.59 Å². The zero-order valence-electron chi connectivity index (χ0n) is 16.4. The van der Waals surface area contributed by atoms with Crippen molar-refractivity contribution in [3.63, 3.8) is 0 Å². The van der Waals surface area contributed by atoms with Crippen molar-refractivity contribution in [1.29, 1.82) is 0 Å². The van der Waals surface area contributed by atoms with Crippen molar-refractivity contribution < 1.29 is 19.1 Å². The number of piperidine rings is 1. The molecule has 0 bridgehead atoms. The lowest BCUT2D eigenvalue weighted by atomic mass is 10.1. The molecule has 1 unspecified atom stereocenters. The van der Waals surface area contributed by atoms with Crippen LogP contribution in [0, 0.1) is 0 Å². The standard InChI is InChI=1S/C23H24N2O4/c1-28-22(26)20-11-5-9-18-13-25(15-21(18)20)19-10-6-12-24(14-19)23(27)29-16-17-7-3-2-4-8-17/h2-5,7-9,11,13,15,19H,6,10,12,14,16H2,1H3. The van der Waals surface area contributed by atoms with Crippen molar-refractivity contribution in [3.8, 4) is 0 Å². The van der Waals surface area contributed by atoms with Gasteiger partial charge in [-0.15, -0.1) is 0 Å². The maximum atomic E-state index is 12.5. The number of benzene rings is 2. The van der Waals surface area contributed by atoms with Crippen LogP contribution in [0.5, 0.6) is 0 Å².